The van der Waals surface area contributed by atoms with Gasteiger partial charge in [-0.3, -0.25) is 9.59 Å². The van der Waals surface area contributed by atoms with Crippen LogP contribution in [-0.4, -0.2) is 85.3 Å². The van der Waals surface area contributed by atoms with Crippen molar-refractivity contribution in [3.05, 3.63) is 30.3 Å². The Morgan fingerprint density at radius 3 is 2.34 bits per heavy atom. The van der Waals surface area contributed by atoms with E-state index in [1.165, 1.54) is 0 Å². The van der Waals surface area contributed by atoms with Crippen molar-refractivity contribution in [3.8, 4) is 22.8 Å². The van der Waals surface area contributed by atoms with Crippen molar-refractivity contribution in [1.29, 1.82) is 0 Å². The third-order valence-electron chi connectivity index (χ3n) is 6.60. The average molecular weight is 482 g/mol. The first-order chi connectivity index (χ1) is 16.9. The maximum atomic E-state index is 13.0. The summed E-state index contributed by atoms with van der Waals surface area (Å²) in [5, 5.41) is 8.84. The number of carbonyl (C=O) groups excluding carboxylic acids is 2. The Balaban J connectivity index is 1.34. The summed E-state index contributed by atoms with van der Waals surface area (Å²) in [5.41, 5.74) is 1.56. The fourth-order valence-electron chi connectivity index (χ4n) is 4.31. The second kappa shape index (κ2) is 10.9. The van der Waals surface area contributed by atoms with Gasteiger partial charge in [0.05, 0.1) is 26.5 Å². The monoisotopic (exact) mass is 481 g/mol. The Hall–Kier alpha value is -3.36. The van der Waals surface area contributed by atoms with Crippen LogP contribution >= 0.6 is 0 Å². The lowest BCUT2D eigenvalue weighted by atomic mass is 10.1. The Morgan fingerprint density at radius 1 is 1.03 bits per heavy atom. The van der Waals surface area contributed by atoms with Gasteiger partial charge in [-0.05, 0) is 43.0 Å². The van der Waals surface area contributed by atoms with Crippen LogP contribution in [0.4, 0.5) is 5.82 Å². The molecule has 2 heterocycles. The van der Waals surface area contributed by atoms with Crippen LogP contribution in [0.15, 0.2) is 30.3 Å². The predicted octanol–water partition coefficient (Wildman–Crippen LogP) is 2.70. The summed E-state index contributed by atoms with van der Waals surface area (Å²) in [6.45, 7) is 7.20. The van der Waals surface area contributed by atoms with E-state index in [9.17, 15) is 9.59 Å². The van der Waals surface area contributed by atoms with Crippen molar-refractivity contribution < 1.29 is 19.1 Å². The molecule has 2 aromatic rings. The van der Waals surface area contributed by atoms with Crippen LogP contribution in [0.25, 0.3) is 11.3 Å². The van der Waals surface area contributed by atoms with Gasteiger partial charge >= 0.3 is 0 Å². The zero-order chi connectivity index (χ0) is 24.9. The number of anilines is 1. The lowest BCUT2D eigenvalue weighted by Gasteiger charge is -2.36. The molecule has 1 aromatic heterocycles. The molecule has 1 aromatic carbocycles. The molecule has 0 N–H and O–H groups in total. The molecule has 9 heteroatoms. The molecule has 2 amide bonds. The van der Waals surface area contributed by atoms with Gasteiger partial charge in [-0.15, -0.1) is 10.2 Å². The molecule has 1 aliphatic carbocycles. The molecular weight excluding hydrogens is 446 g/mol. The molecule has 0 bridgehead atoms. The van der Waals surface area contributed by atoms with Gasteiger partial charge in [-0.1, -0.05) is 13.8 Å². The van der Waals surface area contributed by atoms with Crippen LogP contribution in [0, 0.1) is 11.8 Å². The summed E-state index contributed by atoms with van der Waals surface area (Å²) < 4.78 is 10.7. The minimum Gasteiger partial charge on any atom is -0.497 e. The lowest BCUT2D eigenvalue weighted by molar-refractivity contribution is -0.142. The summed E-state index contributed by atoms with van der Waals surface area (Å²) in [6.07, 6.45) is 2.31. The number of ether oxygens (including phenoxy) is 2. The Bertz CT molecular complexity index is 1030. The van der Waals surface area contributed by atoms with Gasteiger partial charge in [0.15, 0.2) is 5.82 Å². The predicted molar refractivity (Wildman–Crippen MR) is 134 cm³/mol. The molecule has 1 aliphatic heterocycles. The molecule has 9 nitrogen and oxygen atoms in total. The van der Waals surface area contributed by atoms with Gasteiger partial charge in [0, 0.05) is 50.3 Å². The first-order valence-electron chi connectivity index (χ1n) is 12.3. The second-order valence-corrected chi connectivity index (χ2v) is 9.53. The smallest absolute Gasteiger partial charge is 0.242 e. The molecular formula is C26H35N5O4. The highest BCUT2D eigenvalue weighted by Crippen LogP contribution is 2.32. The Labute approximate surface area is 207 Å². The molecule has 0 radical (unpaired) electrons. The third-order valence-corrected chi connectivity index (χ3v) is 6.60. The zero-order valence-electron chi connectivity index (χ0n) is 21.1. The third kappa shape index (κ3) is 6.01. The van der Waals surface area contributed by atoms with Crippen LogP contribution in [0.1, 0.15) is 26.7 Å². The number of amides is 2. The summed E-state index contributed by atoms with van der Waals surface area (Å²) in [4.78, 5) is 31.3. The molecule has 2 aliphatic rings. The first kappa shape index (κ1) is 24.8. The number of benzene rings is 1. The summed E-state index contributed by atoms with van der Waals surface area (Å²) >= 11 is 0. The number of carbonyl (C=O) groups is 2. The number of aromatic nitrogens is 2. The fourth-order valence-corrected chi connectivity index (χ4v) is 4.31. The van der Waals surface area contributed by atoms with E-state index >= 15 is 0 Å². The van der Waals surface area contributed by atoms with E-state index in [0.29, 0.717) is 55.8 Å². The van der Waals surface area contributed by atoms with Crippen molar-refractivity contribution in [2.45, 2.75) is 26.7 Å². The number of hydrogen-bond donors (Lipinski definition) is 0. The van der Waals surface area contributed by atoms with Gasteiger partial charge in [0.2, 0.25) is 11.8 Å². The largest absolute Gasteiger partial charge is 0.497 e. The zero-order valence-corrected chi connectivity index (χ0v) is 21.1. The fraction of sp³-hybridized carbons (Fsp3) is 0.538. The van der Waals surface area contributed by atoms with Gasteiger partial charge in [-0.25, -0.2) is 0 Å². The van der Waals surface area contributed by atoms with E-state index < -0.39 is 0 Å². The summed E-state index contributed by atoms with van der Waals surface area (Å²) in [5.74, 6) is 2.70. The first-order valence-corrected chi connectivity index (χ1v) is 12.3. The van der Waals surface area contributed by atoms with Crippen molar-refractivity contribution in [3.63, 3.8) is 0 Å². The molecule has 188 valence electrons. The van der Waals surface area contributed by atoms with Crippen molar-refractivity contribution in [2.24, 2.45) is 11.8 Å². The second-order valence-electron chi connectivity index (χ2n) is 9.53. The minimum absolute atomic E-state index is 0.0207. The van der Waals surface area contributed by atoms with E-state index in [1.54, 1.807) is 19.1 Å². The van der Waals surface area contributed by atoms with E-state index in [-0.39, 0.29) is 24.3 Å². The molecule has 0 atom stereocenters. The number of methoxy groups -OCH3 is 2. The van der Waals surface area contributed by atoms with Gasteiger partial charge in [-0.2, -0.15) is 0 Å². The SMILES string of the molecule is COc1ccc(-c2ccc(N3CCN(C(=O)CN(CC4CC4)C(=O)C(C)C)CC3)nn2)c(OC)c1. The maximum absolute atomic E-state index is 13.0. The van der Waals surface area contributed by atoms with Gasteiger partial charge in [0.1, 0.15) is 11.5 Å². The molecule has 1 saturated heterocycles. The highest BCUT2D eigenvalue weighted by atomic mass is 16.5. The quantitative estimate of drug-likeness (QED) is 0.544. The van der Waals surface area contributed by atoms with Gasteiger partial charge in [0.25, 0.3) is 0 Å². The van der Waals surface area contributed by atoms with E-state index in [2.05, 4.69) is 15.1 Å². The number of piperazine rings is 1. The standard InChI is InChI=1S/C26H35N5O4/c1-18(2)26(33)31(16-19-5-6-19)17-25(32)30-13-11-29(12-14-30)24-10-9-22(27-28-24)21-8-7-20(34-3)15-23(21)35-4/h7-10,15,18-19H,5-6,11-14,16-17H2,1-4H3. The molecule has 0 unspecified atom stereocenters. The Kier molecular flexibility index (Phi) is 7.73. The Morgan fingerprint density at radius 2 is 1.77 bits per heavy atom. The topological polar surface area (TPSA) is 88.1 Å². The minimum atomic E-state index is -0.0992. The van der Waals surface area contributed by atoms with Crippen LogP contribution in [0.3, 0.4) is 0 Å². The normalized spacial score (nSPS) is 15.8. The van der Waals surface area contributed by atoms with Crippen LogP contribution < -0.4 is 14.4 Å². The average Bonchev–Trinajstić information content (AvgIpc) is 3.71. The highest BCUT2D eigenvalue weighted by molar-refractivity contribution is 5.86. The highest BCUT2D eigenvalue weighted by Gasteiger charge is 2.31. The molecule has 2 fully saturated rings. The maximum Gasteiger partial charge on any atom is 0.242 e. The van der Waals surface area contributed by atoms with Crippen LogP contribution in [0.5, 0.6) is 11.5 Å². The van der Waals surface area contributed by atoms with E-state index in [1.807, 2.05) is 49.1 Å². The molecule has 0 spiro atoms. The van der Waals surface area contributed by atoms with Gasteiger partial charge < -0.3 is 24.2 Å². The van der Waals surface area contributed by atoms with E-state index in [0.717, 1.165) is 24.2 Å². The lowest BCUT2D eigenvalue weighted by Crippen LogP contribution is -2.52. The molecule has 4 rings (SSSR count). The van der Waals surface area contributed by atoms with Crippen molar-refractivity contribution >= 4 is 17.6 Å². The van der Waals surface area contributed by atoms with Crippen LogP contribution in [0.2, 0.25) is 0 Å². The summed E-state index contributed by atoms with van der Waals surface area (Å²) in [7, 11) is 3.23. The number of nitrogens with zero attached hydrogens (tertiary/aromatic N) is 5. The summed E-state index contributed by atoms with van der Waals surface area (Å²) in [6, 6.07) is 9.47. The number of hydrogen-bond acceptors (Lipinski definition) is 7. The molecule has 35 heavy (non-hydrogen) atoms. The van der Waals surface area contributed by atoms with Crippen LogP contribution in [-0.2, 0) is 9.59 Å². The van der Waals surface area contributed by atoms with Crippen molar-refractivity contribution in [1.82, 2.24) is 20.0 Å². The van der Waals surface area contributed by atoms with Crippen molar-refractivity contribution in [2.75, 3.05) is 58.4 Å². The number of rotatable bonds is 9. The van der Waals surface area contributed by atoms with E-state index in [4.69, 9.17) is 9.47 Å². The molecule has 1 saturated carbocycles.